The SMILES string of the molecule is CCO[Si](C)(OCC)C(CC(C)(C(=O)OCC1CO1)C(C)C)C(C)C. The van der Waals surface area contributed by atoms with Crippen molar-refractivity contribution in [3.05, 3.63) is 0 Å². The molecule has 3 atom stereocenters. The molecule has 0 aromatic heterocycles. The van der Waals surface area contributed by atoms with Crippen molar-refractivity contribution in [3.8, 4) is 0 Å². The summed E-state index contributed by atoms with van der Waals surface area (Å²) >= 11 is 0. The lowest BCUT2D eigenvalue weighted by Gasteiger charge is -2.42. The molecular weight excluding hydrogens is 336 g/mol. The minimum absolute atomic E-state index is 0.0905. The largest absolute Gasteiger partial charge is 0.462 e. The molecule has 1 aliphatic rings. The molecule has 1 rings (SSSR count). The van der Waals surface area contributed by atoms with Crippen LogP contribution < -0.4 is 0 Å². The minimum Gasteiger partial charge on any atom is -0.462 e. The molecule has 0 bridgehead atoms. The summed E-state index contributed by atoms with van der Waals surface area (Å²) in [7, 11) is -2.41. The Morgan fingerprint density at radius 2 is 1.72 bits per heavy atom. The van der Waals surface area contributed by atoms with Crippen molar-refractivity contribution in [3.63, 3.8) is 0 Å². The van der Waals surface area contributed by atoms with E-state index in [2.05, 4.69) is 34.2 Å². The molecule has 0 spiro atoms. The van der Waals surface area contributed by atoms with Crippen LogP contribution in [0.2, 0.25) is 12.1 Å². The molecule has 1 aliphatic heterocycles. The van der Waals surface area contributed by atoms with Crippen molar-refractivity contribution in [2.45, 2.75) is 73.1 Å². The zero-order valence-corrected chi connectivity index (χ0v) is 18.4. The first-order chi connectivity index (χ1) is 11.6. The van der Waals surface area contributed by atoms with Crippen LogP contribution >= 0.6 is 0 Å². The maximum Gasteiger partial charge on any atom is 0.338 e. The van der Waals surface area contributed by atoms with Gasteiger partial charge in [-0.1, -0.05) is 27.7 Å². The fourth-order valence-corrected chi connectivity index (χ4v) is 7.03. The maximum atomic E-state index is 12.9. The van der Waals surface area contributed by atoms with E-state index in [0.717, 1.165) is 6.42 Å². The second-order valence-corrected chi connectivity index (χ2v) is 11.4. The van der Waals surface area contributed by atoms with Crippen LogP contribution in [0.15, 0.2) is 0 Å². The molecule has 0 aromatic carbocycles. The highest BCUT2D eigenvalue weighted by atomic mass is 28.4. The van der Waals surface area contributed by atoms with Crippen molar-refractivity contribution in [2.75, 3.05) is 26.4 Å². The predicted octanol–water partition coefficient (Wildman–Crippen LogP) is 4.15. The standard InChI is InChI=1S/C19H38O5Si/c1-9-23-25(8,24-10-2)17(14(3)4)11-19(7,15(5)6)18(20)22-13-16-12-21-16/h14-17H,9-13H2,1-8H3. The van der Waals surface area contributed by atoms with Gasteiger partial charge in [-0.05, 0) is 45.6 Å². The fourth-order valence-electron chi connectivity index (χ4n) is 3.36. The molecule has 0 N–H and O–H groups in total. The van der Waals surface area contributed by atoms with Gasteiger partial charge in [-0.2, -0.15) is 0 Å². The third kappa shape index (κ3) is 6.05. The number of epoxide rings is 1. The van der Waals surface area contributed by atoms with E-state index in [0.29, 0.717) is 32.3 Å². The summed E-state index contributed by atoms with van der Waals surface area (Å²) in [5, 5.41) is 0. The van der Waals surface area contributed by atoms with Crippen molar-refractivity contribution in [1.82, 2.24) is 0 Å². The molecular formula is C19H38O5Si. The summed E-state index contributed by atoms with van der Waals surface area (Å²) < 4.78 is 23.0. The van der Waals surface area contributed by atoms with Crippen molar-refractivity contribution in [2.24, 2.45) is 17.3 Å². The second-order valence-electron chi connectivity index (χ2n) is 8.06. The smallest absolute Gasteiger partial charge is 0.338 e. The first-order valence-electron chi connectivity index (χ1n) is 9.67. The van der Waals surface area contributed by atoms with Crippen LogP contribution in [-0.2, 0) is 23.1 Å². The number of hydrogen-bond donors (Lipinski definition) is 0. The van der Waals surface area contributed by atoms with E-state index in [1.807, 2.05) is 20.8 Å². The summed E-state index contributed by atoms with van der Waals surface area (Å²) in [6.07, 6.45) is 0.808. The molecule has 0 amide bonds. The van der Waals surface area contributed by atoms with Gasteiger partial charge in [-0.25, -0.2) is 0 Å². The molecule has 25 heavy (non-hydrogen) atoms. The van der Waals surface area contributed by atoms with Gasteiger partial charge in [0, 0.05) is 18.8 Å². The highest BCUT2D eigenvalue weighted by Gasteiger charge is 2.49. The molecule has 148 valence electrons. The average Bonchev–Trinajstić information content (AvgIpc) is 3.34. The Bertz CT molecular complexity index is 416. The Labute approximate surface area is 155 Å². The number of carbonyl (C=O) groups excluding carboxylic acids is 1. The third-order valence-electron chi connectivity index (χ3n) is 5.53. The van der Waals surface area contributed by atoms with Gasteiger partial charge in [0.05, 0.1) is 12.0 Å². The molecule has 6 heteroatoms. The minimum atomic E-state index is -2.41. The van der Waals surface area contributed by atoms with Gasteiger partial charge in [0.15, 0.2) is 0 Å². The van der Waals surface area contributed by atoms with Crippen LogP contribution in [0.5, 0.6) is 0 Å². The number of esters is 1. The van der Waals surface area contributed by atoms with Crippen molar-refractivity contribution in [1.29, 1.82) is 0 Å². The van der Waals surface area contributed by atoms with E-state index in [1.54, 1.807) is 0 Å². The van der Waals surface area contributed by atoms with Gasteiger partial charge in [-0.3, -0.25) is 4.79 Å². The molecule has 0 aromatic rings. The fraction of sp³-hybridized carbons (Fsp3) is 0.947. The number of carbonyl (C=O) groups is 1. The van der Waals surface area contributed by atoms with Gasteiger partial charge in [-0.15, -0.1) is 0 Å². The first-order valence-corrected chi connectivity index (χ1v) is 12.1. The Morgan fingerprint density at radius 1 is 1.20 bits per heavy atom. The molecule has 0 radical (unpaired) electrons. The van der Waals surface area contributed by atoms with Crippen LogP contribution in [0, 0.1) is 17.3 Å². The molecule has 1 saturated heterocycles. The number of hydrogen-bond acceptors (Lipinski definition) is 5. The zero-order chi connectivity index (χ0) is 19.3. The monoisotopic (exact) mass is 374 g/mol. The summed E-state index contributed by atoms with van der Waals surface area (Å²) in [6.45, 7) is 19.1. The maximum absolute atomic E-state index is 12.9. The van der Waals surface area contributed by atoms with E-state index in [1.165, 1.54) is 0 Å². The van der Waals surface area contributed by atoms with Gasteiger partial charge in [0.2, 0.25) is 0 Å². The summed E-state index contributed by atoms with van der Waals surface area (Å²) in [5.41, 5.74) is -0.351. The van der Waals surface area contributed by atoms with E-state index in [4.69, 9.17) is 18.3 Å². The van der Waals surface area contributed by atoms with Crippen LogP contribution in [-0.4, -0.2) is 47.1 Å². The van der Waals surface area contributed by atoms with Gasteiger partial charge >= 0.3 is 14.5 Å². The summed E-state index contributed by atoms with van der Waals surface area (Å²) in [5.74, 6) is 0.406. The number of ether oxygens (including phenoxy) is 2. The Hall–Kier alpha value is -0.433. The van der Waals surface area contributed by atoms with Crippen molar-refractivity contribution >= 4 is 14.5 Å². The Balaban J connectivity index is 3.00. The third-order valence-corrected chi connectivity index (χ3v) is 9.47. The van der Waals surface area contributed by atoms with E-state index in [9.17, 15) is 4.79 Å². The van der Waals surface area contributed by atoms with Gasteiger partial charge < -0.3 is 18.3 Å². The first kappa shape index (κ1) is 22.6. The Kier molecular flexibility index (Phi) is 8.58. The second kappa shape index (κ2) is 9.49. The number of rotatable bonds is 12. The van der Waals surface area contributed by atoms with Crippen LogP contribution in [0.4, 0.5) is 0 Å². The molecule has 5 nitrogen and oxygen atoms in total. The average molecular weight is 375 g/mol. The zero-order valence-electron chi connectivity index (χ0n) is 17.4. The lowest BCUT2D eigenvalue weighted by molar-refractivity contribution is -0.159. The molecule has 0 saturated carbocycles. The highest BCUT2D eigenvalue weighted by Crippen LogP contribution is 2.45. The molecule has 3 unspecified atom stereocenters. The van der Waals surface area contributed by atoms with E-state index >= 15 is 0 Å². The lowest BCUT2D eigenvalue weighted by Crippen LogP contribution is -2.49. The van der Waals surface area contributed by atoms with Gasteiger partial charge in [0.25, 0.3) is 0 Å². The molecule has 1 heterocycles. The topological polar surface area (TPSA) is 57.3 Å². The Morgan fingerprint density at radius 3 is 2.08 bits per heavy atom. The van der Waals surface area contributed by atoms with Crippen LogP contribution in [0.1, 0.15) is 54.9 Å². The van der Waals surface area contributed by atoms with Crippen molar-refractivity contribution < 1.29 is 23.1 Å². The summed E-state index contributed by atoms with van der Waals surface area (Å²) in [6, 6.07) is 0. The quantitative estimate of drug-likeness (QED) is 0.292. The molecule has 0 aliphatic carbocycles. The predicted molar refractivity (Wildman–Crippen MR) is 102 cm³/mol. The molecule has 1 fully saturated rings. The van der Waals surface area contributed by atoms with Crippen LogP contribution in [0.25, 0.3) is 0 Å². The van der Waals surface area contributed by atoms with Crippen LogP contribution in [0.3, 0.4) is 0 Å². The van der Waals surface area contributed by atoms with Gasteiger partial charge in [0.1, 0.15) is 12.7 Å². The van der Waals surface area contributed by atoms with E-state index < -0.39 is 14.0 Å². The highest BCUT2D eigenvalue weighted by molar-refractivity contribution is 6.67. The lowest BCUT2D eigenvalue weighted by atomic mass is 9.74. The normalized spacial score (nSPS) is 21.3. The van der Waals surface area contributed by atoms with E-state index in [-0.39, 0.29) is 23.5 Å². The summed E-state index contributed by atoms with van der Waals surface area (Å²) in [4.78, 5) is 12.9.